The van der Waals surface area contributed by atoms with Gasteiger partial charge in [0.25, 0.3) is 11.7 Å². The summed E-state index contributed by atoms with van der Waals surface area (Å²) in [4.78, 5) is 70.8. The van der Waals surface area contributed by atoms with Gasteiger partial charge in [-0.3, -0.25) is 19.2 Å². The highest BCUT2D eigenvalue weighted by molar-refractivity contribution is 6.39. The number of rotatable bonds is 4. The fraction of sp³-hybridized carbons (Fsp3) is 0.735. The van der Waals surface area contributed by atoms with Crippen LogP contribution in [0.3, 0.4) is 0 Å². The van der Waals surface area contributed by atoms with Crippen molar-refractivity contribution in [2.45, 2.75) is 181 Å². The van der Waals surface area contributed by atoms with Crippen LogP contribution in [0.1, 0.15) is 138 Å². The predicted molar refractivity (Wildman–Crippen MR) is 233 cm³/mol. The quantitative estimate of drug-likeness (QED) is 0.152. The number of fused-ring (bicyclic) bond motifs is 3. The Morgan fingerprint density at radius 2 is 1.56 bits per heavy atom. The molecule has 3 N–H and O–H groups in total. The number of allylic oxidation sites excluding steroid dienone is 6. The van der Waals surface area contributed by atoms with E-state index in [9.17, 15) is 39.3 Å². The highest BCUT2D eigenvalue weighted by atomic mass is 16.6. The number of cyclic esters (lactones) is 1. The molecule has 4 aliphatic rings. The standard InChI is InChI=1S/C49H75NO11/c1-30-14-10-9-11-15-31(2)44(59-8)27-39-22-17-36(7)49(58,61-39)46(55)47(56)50-23-13-12-16-40(50)48(57)60-45(35(6)26-37-18-20-38(51)21-19-37)29-43(54)34(5)25-33(4)42(53)28-41(52)32(3)24-30/h9-11,14-15,25,30,32,34-40,42,44-45,51,53,58H,12-13,16-24,26-29H2,1-8H3/b11-9?,14-10+,31-15?,33-25+/t30-,32-,34-,35-,36-,37?,38?,39+,40+,42+,44+,45+,49-/m1/s1. The minimum absolute atomic E-state index is 0.0639. The normalized spacial score (nSPS) is 38.4. The van der Waals surface area contributed by atoms with Gasteiger partial charge in [-0.1, -0.05) is 71.1 Å². The van der Waals surface area contributed by atoms with E-state index in [1.807, 2.05) is 58.1 Å². The lowest BCUT2D eigenvalue weighted by atomic mass is 9.79. The number of Topliss-reactive ketones (excluding diaryl/α,β-unsaturated/α-hetero) is 3. The highest BCUT2D eigenvalue weighted by Crippen LogP contribution is 2.37. The zero-order valence-corrected chi connectivity index (χ0v) is 38.1. The molecule has 1 saturated carbocycles. The molecule has 12 nitrogen and oxygen atoms in total. The van der Waals surface area contributed by atoms with Crippen LogP contribution in [-0.4, -0.2) is 105 Å². The Morgan fingerprint density at radius 1 is 0.852 bits per heavy atom. The summed E-state index contributed by atoms with van der Waals surface area (Å²) in [5, 5.41) is 33.1. The number of hydrogen-bond acceptors (Lipinski definition) is 11. The molecule has 0 unspecified atom stereocenters. The lowest BCUT2D eigenvalue weighted by molar-refractivity contribution is -0.265. The van der Waals surface area contributed by atoms with Crippen LogP contribution in [0, 0.1) is 35.5 Å². The monoisotopic (exact) mass is 854 g/mol. The van der Waals surface area contributed by atoms with Gasteiger partial charge in [0.15, 0.2) is 0 Å². The summed E-state index contributed by atoms with van der Waals surface area (Å²) in [6, 6.07) is -1.10. The second kappa shape index (κ2) is 23.4. The Labute approximate surface area is 364 Å². The number of nitrogens with zero attached hydrogens (tertiary/aromatic N) is 1. The Bertz CT molecular complexity index is 1640. The number of carbonyl (C=O) groups excluding carboxylic acids is 5. The minimum atomic E-state index is -2.40. The first-order chi connectivity index (χ1) is 28.8. The van der Waals surface area contributed by atoms with Crippen molar-refractivity contribution in [2.75, 3.05) is 13.7 Å². The number of aliphatic hydroxyl groups excluding tert-OH is 2. The first-order valence-electron chi connectivity index (χ1n) is 22.9. The van der Waals surface area contributed by atoms with Gasteiger partial charge in [0, 0.05) is 50.7 Å². The molecule has 12 heteroatoms. The number of carbonyl (C=O) groups is 5. The molecule has 2 saturated heterocycles. The molecule has 2 bridgehead atoms. The van der Waals surface area contributed by atoms with Crippen molar-refractivity contribution < 1.29 is 53.5 Å². The molecule has 0 aromatic carbocycles. The molecule has 11 atom stereocenters. The van der Waals surface area contributed by atoms with E-state index < -0.39 is 65.7 Å². The number of aliphatic hydroxyl groups is 3. The predicted octanol–water partition coefficient (Wildman–Crippen LogP) is 6.93. The summed E-state index contributed by atoms with van der Waals surface area (Å²) in [5.74, 6) is -7.01. The molecule has 1 aliphatic carbocycles. The lowest BCUT2D eigenvalue weighted by Gasteiger charge is -2.42. The van der Waals surface area contributed by atoms with Gasteiger partial charge >= 0.3 is 5.97 Å². The Morgan fingerprint density at radius 3 is 2.25 bits per heavy atom. The van der Waals surface area contributed by atoms with Crippen molar-refractivity contribution in [3.63, 3.8) is 0 Å². The maximum absolute atomic E-state index is 14.2. The summed E-state index contributed by atoms with van der Waals surface area (Å²) in [7, 11) is 1.59. The number of ketones is 3. The van der Waals surface area contributed by atoms with Crippen LogP contribution in [0.15, 0.2) is 47.6 Å². The molecule has 61 heavy (non-hydrogen) atoms. The molecule has 0 aromatic rings. The first kappa shape index (κ1) is 50.4. The zero-order valence-electron chi connectivity index (χ0n) is 38.1. The van der Waals surface area contributed by atoms with Crippen LogP contribution in [0.25, 0.3) is 0 Å². The molecular weight excluding hydrogens is 779 g/mol. The number of methoxy groups -OCH3 is 1. The molecule has 3 aliphatic heterocycles. The Hall–Kier alpha value is -3.29. The first-order valence-corrected chi connectivity index (χ1v) is 22.9. The van der Waals surface area contributed by atoms with Crippen molar-refractivity contribution in [1.82, 2.24) is 4.90 Å². The van der Waals surface area contributed by atoms with E-state index in [2.05, 4.69) is 0 Å². The molecule has 0 radical (unpaired) electrons. The summed E-state index contributed by atoms with van der Waals surface area (Å²) in [6.45, 7) is 13.0. The van der Waals surface area contributed by atoms with Gasteiger partial charge in [0.05, 0.1) is 24.4 Å². The van der Waals surface area contributed by atoms with Gasteiger partial charge < -0.3 is 34.4 Å². The van der Waals surface area contributed by atoms with Gasteiger partial charge in [0.1, 0.15) is 23.7 Å². The smallest absolute Gasteiger partial charge is 0.329 e. The molecular formula is C49H75NO11. The molecule has 342 valence electrons. The van der Waals surface area contributed by atoms with E-state index in [1.54, 1.807) is 34.0 Å². The second-order valence-electron chi connectivity index (χ2n) is 18.9. The average molecular weight is 854 g/mol. The van der Waals surface area contributed by atoms with E-state index in [-0.39, 0.29) is 67.1 Å². The number of piperidine rings is 1. The van der Waals surface area contributed by atoms with Crippen molar-refractivity contribution in [3.8, 4) is 0 Å². The van der Waals surface area contributed by atoms with Crippen LogP contribution in [0.5, 0.6) is 0 Å². The zero-order chi connectivity index (χ0) is 45.0. The van der Waals surface area contributed by atoms with Gasteiger partial charge in [-0.15, -0.1) is 0 Å². The average Bonchev–Trinajstić information content (AvgIpc) is 3.23. The Balaban J connectivity index is 1.66. The molecule has 3 fully saturated rings. The number of hydrogen-bond donors (Lipinski definition) is 3. The van der Waals surface area contributed by atoms with Crippen LogP contribution in [0.4, 0.5) is 0 Å². The molecule has 3 heterocycles. The van der Waals surface area contributed by atoms with Crippen LogP contribution >= 0.6 is 0 Å². The summed E-state index contributed by atoms with van der Waals surface area (Å²) < 4.78 is 18.2. The number of ether oxygens (including phenoxy) is 3. The van der Waals surface area contributed by atoms with E-state index >= 15 is 0 Å². The SMILES string of the molecule is CO[C@H]1C[C@@H]2CC[C@@H](C)[C@@](O)(O2)C(=O)C(=O)N2CCCC[C@H]2C(=O)O[C@H]([C@H](C)CC2CCC(O)CC2)CC(=O)[C@H](C)/C=C(\C)[C@@H](O)CC(=O)[C@H](C)C[C@H](C)/C=C/C=CC=C1C. The fourth-order valence-corrected chi connectivity index (χ4v) is 9.49. The molecule has 0 spiro atoms. The van der Waals surface area contributed by atoms with E-state index in [1.165, 1.54) is 4.90 Å². The topological polar surface area (TPSA) is 177 Å². The van der Waals surface area contributed by atoms with Gasteiger partial charge in [-0.2, -0.15) is 0 Å². The summed E-state index contributed by atoms with van der Waals surface area (Å²) in [6.07, 6.45) is 14.9. The van der Waals surface area contributed by atoms with Gasteiger partial charge in [-0.25, -0.2) is 4.79 Å². The van der Waals surface area contributed by atoms with Crippen LogP contribution < -0.4 is 0 Å². The third-order valence-corrected chi connectivity index (χ3v) is 13.8. The van der Waals surface area contributed by atoms with Gasteiger partial charge in [0.2, 0.25) is 5.79 Å². The maximum atomic E-state index is 14.2. The number of amides is 1. The minimum Gasteiger partial charge on any atom is -0.460 e. The Kier molecular flexibility index (Phi) is 19.3. The lowest BCUT2D eigenvalue weighted by Crippen LogP contribution is -2.61. The highest BCUT2D eigenvalue weighted by Gasteiger charge is 2.53. The third-order valence-electron chi connectivity index (χ3n) is 13.8. The maximum Gasteiger partial charge on any atom is 0.329 e. The third kappa shape index (κ3) is 14.1. The van der Waals surface area contributed by atoms with Crippen molar-refractivity contribution in [1.29, 1.82) is 0 Å². The summed E-state index contributed by atoms with van der Waals surface area (Å²) >= 11 is 0. The van der Waals surface area contributed by atoms with Crippen molar-refractivity contribution in [3.05, 3.63) is 47.6 Å². The molecule has 1 amide bonds. The second-order valence-corrected chi connectivity index (χ2v) is 18.9. The van der Waals surface area contributed by atoms with Crippen molar-refractivity contribution in [2.24, 2.45) is 35.5 Å². The van der Waals surface area contributed by atoms with Gasteiger partial charge in [-0.05, 0) is 113 Å². The van der Waals surface area contributed by atoms with E-state index in [0.29, 0.717) is 63.4 Å². The number of esters is 1. The summed E-state index contributed by atoms with van der Waals surface area (Å²) in [5.41, 5.74) is 1.41. The molecule has 4 rings (SSSR count). The van der Waals surface area contributed by atoms with Crippen molar-refractivity contribution >= 4 is 29.2 Å². The van der Waals surface area contributed by atoms with Crippen LogP contribution in [-0.2, 0) is 38.2 Å². The molecule has 0 aromatic heterocycles. The fourth-order valence-electron chi connectivity index (χ4n) is 9.49. The van der Waals surface area contributed by atoms with E-state index in [4.69, 9.17) is 14.2 Å². The largest absolute Gasteiger partial charge is 0.460 e. The van der Waals surface area contributed by atoms with E-state index in [0.717, 1.165) is 18.4 Å². The van der Waals surface area contributed by atoms with Crippen LogP contribution in [0.2, 0.25) is 0 Å².